The number of phenols is 1. The van der Waals surface area contributed by atoms with E-state index in [1.54, 1.807) is 6.07 Å². The zero-order chi connectivity index (χ0) is 11.0. The molecule has 0 aromatic heterocycles. The average Bonchev–Trinajstić information content (AvgIpc) is 2.62. The van der Waals surface area contributed by atoms with E-state index in [0.29, 0.717) is 12.4 Å². The summed E-state index contributed by atoms with van der Waals surface area (Å²) in [6.07, 6.45) is 0.717. The summed E-state index contributed by atoms with van der Waals surface area (Å²) < 4.78 is 5.23. The van der Waals surface area contributed by atoms with E-state index < -0.39 is 12.0 Å². The molecule has 4 N–H and O–H groups in total. The van der Waals surface area contributed by atoms with Gasteiger partial charge in [-0.05, 0) is 11.6 Å². The first-order valence-electron chi connectivity index (χ1n) is 4.56. The number of benzene rings is 1. The van der Waals surface area contributed by atoms with E-state index in [9.17, 15) is 9.90 Å². The van der Waals surface area contributed by atoms with Crippen molar-refractivity contribution in [3.05, 3.63) is 23.3 Å². The van der Waals surface area contributed by atoms with Gasteiger partial charge in [-0.2, -0.15) is 0 Å². The summed E-state index contributed by atoms with van der Waals surface area (Å²) in [5, 5.41) is 18.3. The molecule has 5 heteroatoms. The second kappa shape index (κ2) is 3.43. The normalized spacial score (nSPS) is 15.5. The van der Waals surface area contributed by atoms with Crippen LogP contribution in [0.4, 0.5) is 0 Å². The fraction of sp³-hybridized carbons (Fsp3) is 0.300. The third kappa shape index (κ3) is 1.61. The second-order valence-corrected chi connectivity index (χ2v) is 3.43. The van der Waals surface area contributed by atoms with Gasteiger partial charge >= 0.3 is 5.97 Å². The van der Waals surface area contributed by atoms with Crippen LogP contribution in [0, 0.1) is 0 Å². The van der Waals surface area contributed by atoms with Crippen LogP contribution in [0.5, 0.6) is 11.5 Å². The van der Waals surface area contributed by atoms with Crippen LogP contribution in [0.2, 0.25) is 0 Å². The van der Waals surface area contributed by atoms with Gasteiger partial charge in [0.2, 0.25) is 0 Å². The van der Waals surface area contributed by atoms with Gasteiger partial charge in [-0.25, -0.2) is 0 Å². The number of hydrogen-bond acceptors (Lipinski definition) is 4. The topological polar surface area (TPSA) is 92.8 Å². The number of hydrogen-bond donors (Lipinski definition) is 3. The number of aliphatic carboxylic acids is 1. The van der Waals surface area contributed by atoms with Gasteiger partial charge in [-0.3, -0.25) is 4.79 Å². The highest BCUT2D eigenvalue weighted by atomic mass is 16.5. The molecule has 0 radical (unpaired) electrons. The van der Waals surface area contributed by atoms with Crippen LogP contribution in [0.25, 0.3) is 0 Å². The number of fused-ring (bicyclic) bond motifs is 1. The maximum absolute atomic E-state index is 10.7. The highest BCUT2D eigenvalue weighted by Crippen LogP contribution is 2.34. The molecule has 5 nitrogen and oxygen atoms in total. The van der Waals surface area contributed by atoms with Crippen molar-refractivity contribution in [2.75, 3.05) is 6.61 Å². The number of carboxylic acid groups (broad SMARTS) is 1. The van der Waals surface area contributed by atoms with Crippen molar-refractivity contribution in [2.24, 2.45) is 5.73 Å². The number of aromatic hydroxyl groups is 1. The predicted octanol–water partition coefficient (Wildman–Crippen LogP) is 0.412. The lowest BCUT2D eigenvalue weighted by atomic mass is 10.0. The van der Waals surface area contributed by atoms with E-state index in [0.717, 1.165) is 12.0 Å². The van der Waals surface area contributed by atoms with Crippen LogP contribution in [0.1, 0.15) is 17.2 Å². The lowest BCUT2D eigenvalue weighted by molar-refractivity contribution is -0.138. The Kier molecular flexibility index (Phi) is 2.24. The van der Waals surface area contributed by atoms with Crippen molar-refractivity contribution < 1.29 is 19.7 Å². The molecule has 1 atom stereocenters. The van der Waals surface area contributed by atoms with Gasteiger partial charge in [0.25, 0.3) is 0 Å². The van der Waals surface area contributed by atoms with Crippen LogP contribution in [0.3, 0.4) is 0 Å². The zero-order valence-corrected chi connectivity index (χ0v) is 7.93. The molecule has 0 saturated heterocycles. The summed E-state index contributed by atoms with van der Waals surface area (Å²) in [5.74, 6) is -0.691. The monoisotopic (exact) mass is 209 g/mol. The van der Waals surface area contributed by atoms with Crippen molar-refractivity contribution >= 4 is 5.97 Å². The quantitative estimate of drug-likeness (QED) is 0.656. The van der Waals surface area contributed by atoms with E-state index in [1.165, 1.54) is 6.07 Å². The Hall–Kier alpha value is -1.75. The third-order valence-electron chi connectivity index (χ3n) is 2.44. The molecule has 1 aromatic rings. The van der Waals surface area contributed by atoms with E-state index in [2.05, 4.69) is 0 Å². The van der Waals surface area contributed by atoms with Crippen molar-refractivity contribution in [1.29, 1.82) is 0 Å². The zero-order valence-electron chi connectivity index (χ0n) is 7.93. The molecule has 1 unspecified atom stereocenters. The van der Waals surface area contributed by atoms with Gasteiger partial charge in [0.15, 0.2) is 0 Å². The number of phenolic OH excluding ortho intramolecular Hbond substituents is 1. The fourth-order valence-corrected chi connectivity index (χ4v) is 1.62. The summed E-state index contributed by atoms with van der Waals surface area (Å²) in [5.41, 5.74) is 6.55. The minimum absolute atomic E-state index is 0.134. The van der Waals surface area contributed by atoms with E-state index in [-0.39, 0.29) is 11.3 Å². The first-order chi connectivity index (χ1) is 7.09. The Bertz CT molecular complexity index is 416. The molecule has 0 bridgehead atoms. The number of nitrogens with two attached hydrogens (primary N) is 1. The van der Waals surface area contributed by atoms with Crippen molar-refractivity contribution in [1.82, 2.24) is 0 Å². The summed E-state index contributed by atoms with van der Waals surface area (Å²) >= 11 is 0. The molecule has 80 valence electrons. The standard InChI is InChI=1S/C10H11NO4/c11-9(10(13)14)6-3-5-1-2-15-8(5)4-7(6)12/h3-4,9,12H,1-2,11H2,(H,13,14). The van der Waals surface area contributed by atoms with Gasteiger partial charge in [0, 0.05) is 18.1 Å². The summed E-state index contributed by atoms with van der Waals surface area (Å²) in [6.45, 7) is 0.556. The van der Waals surface area contributed by atoms with Gasteiger partial charge in [0.1, 0.15) is 17.5 Å². The molecular weight excluding hydrogens is 198 g/mol. The molecular formula is C10H11NO4. The lowest BCUT2D eigenvalue weighted by Crippen LogP contribution is -2.20. The molecule has 15 heavy (non-hydrogen) atoms. The second-order valence-electron chi connectivity index (χ2n) is 3.43. The predicted molar refractivity (Wildman–Crippen MR) is 51.9 cm³/mol. The Morgan fingerprint density at radius 3 is 2.93 bits per heavy atom. The van der Waals surface area contributed by atoms with Crippen molar-refractivity contribution in [3.8, 4) is 11.5 Å². The smallest absolute Gasteiger partial charge is 0.325 e. The van der Waals surface area contributed by atoms with Gasteiger partial charge in [-0.1, -0.05) is 0 Å². The molecule has 0 spiro atoms. The first kappa shape index (κ1) is 9.79. The highest BCUT2D eigenvalue weighted by Gasteiger charge is 2.22. The number of carbonyl (C=O) groups is 1. The summed E-state index contributed by atoms with van der Waals surface area (Å²) in [7, 11) is 0. The van der Waals surface area contributed by atoms with Gasteiger partial charge in [0.05, 0.1) is 6.61 Å². The van der Waals surface area contributed by atoms with Crippen molar-refractivity contribution in [2.45, 2.75) is 12.5 Å². The fourth-order valence-electron chi connectivity index (χ4n) is 1.62. The van der Waals surface area contributed by atoms with Crippen LogP contribution in [0.15, 0.2) is 12.1 Å². The molecule has 1 aromatic carbocycles. The molecule has 0 aliphatic carbocycles. The van der Waals surface area contributed by atoms with E-state index in [4.69, 9.17) is 15.6 Å². The van der Waals surface area contributed by atoms with E-state index in [1.807, 2.05) is 0 Å². The largest absolute Gasteiger partial charge is 0.507 e. The number of ether oxygens (including phenoxy) is 1. The van der Waals surface area contributed by atoms with Crippen molar-refractivity contribution in [3.63, 3.8) is 0 Å². The van der Waals surface area contributed by atoms with Crippen LogP contribution < -0.4 is 10.5 Å². The van der Waals surface area contributed by atoms with E-state index >= 15 is 0 Å². The summed E-state index contributed by atoms with van der Waals surface area (Å²) in [4.78, 5) is 10.7. The Labute approximate surface area is 86.1 Å². The minimum atomic E-state index is -1.20. The lowest BCUT2D eigenvalue weighted by Gasteiger charge is -2.10. The SMILES string of the molecule is NC(C(=O)O)c1cc2c(cc1O)OCC2. The molecule has 1 aliphatic rings. The maximum atomic E-state index is 10.7. The number of carboxylic acids is 1. The molecule has 1 aliphatic heterocycles. The molecule has 1 heterocycles. The highest BCUT2D eigenvalue weighted by molar-refractivity contribution is 5.76. The van der Waals surface area contributed by atoms with Gasteiger partial charge in [-0.15, -0.1) is 0 Å². The molecule has 2 rings (SSSR count). The maximum Gasteiger partial charge on any atom is 0.325 e. The third-order valence-corrected chi connectivity index (χ3v) is 2.44. The number of rotatable bonds is 2. The Morgan fingerprint density at radius 1 is 1.53 bits per heavy atom. The van der Waals surface area contributed by atoms with Crippen LogP contribution in [-0.4, -0.2) is 22.8 Å². The minimum Gasteiger partial charge on any atom is -0.507 e. The average molecular weight is 209 g/mol. The summed E-state index contributed by atoms with van der Waals surface area (Å²) in [6, 6.07) is 1.81. The molecule has 0 fully saturated rings. The van der Waals surface area contributed by atoms with Crippen LogP contribution >= 0.6 is 0 Å². The molecule has 0 saturated carbocycles. The Morgan fingerprint density at radius 2 is 2.27 bits per heavy atom. The Balaban J connectivity index is 2.44. The van der Waals surface area contributed by atoms with Crippen LogP contribution in [-0.2, 0) is 11.2 Å². The first-order valence-corrected chi connectivity index (χ1v) is 4.56. The molecule has 0 amide bonds. The van der Waals surface area contributed by atoms with Gasteiger partial charge < -0.3 is 20.7 Å².